The molecule has 3 rings (SSSR count). The molecule has 0 saturated heterocycles. The number of hydroxylamine groups is 2. The molecule has 0 bridgehead atoms. The summed E-state index contributed by atoms with van der Waals surface area (Å²) >= 11 is 5.65. The lowest BCUT2D eigenvalue weighted by Gasteiger charge is -2.12. The largest absolute Gasteiger partial charge is 0.364 e. The Morgan fingerprint density at radius 3 is 2.18 bits per heavy atom. The van der Waals surface area contributed by atoms with Gasteiger partial charge < -0.3 is 4.84 Å². The average Bonchev–Trinajstić information content (AvgIpc) is 2.72. The van der Waals surface area contributed by atoms with E-state index in [1.165, 1.54) is 18.2 Å². The van der Waals surface area contributed by atoms with Crippen molar-refractivity contribution in [1.82, 2.24) is 5.06 Å². The van der Waals surface area contributed by atoms with Gasteiger partial charge in [0.15, 0.2) is 0 Å². The van der Waals surface area contributed by atoms with Crippen LogP contribution < -0.4 is 0 Å². The number of amides is 2. The molecule has 2 aromatic rings. The molecule has 7 heteroatoms. The van der Waals surface area contributed by atoms with Crippen LogP contribution in [0.4, 0.5) is 4.39 Å². The zero-order chi connectivity index (χ0) is 15.9. The second kappa shape index (κ2) is 5.23. The van der Waals surface area contributed by atoms with Crippen molar-refractivity contribution >= 4 is 29.4 Å². The zero-order valence-corrected chi connectivity index (χ0v) is 11.6. The van der Waals surface area contributed by atoms with E-state index < -0.39 is 23.6 Å². The van der Waals surface area contributed by atoms with Gasteiger partial charge in [-0.2, -0.15) is 0 Å². The lowest BCUT2D eigenvalue weighted by Crippen LogP contribution is -2.32. The highest BCUT2D eigenvalue weighted by Crippen LogP contribution is 2.24. The Morgan fingerprint density at radius 1 is 1.05 bits per heavy atom. The van der Waals surface area contributed by atoms with Crippen molar-refractivity contribution in [3.8, 4) is 0 Å². The van der Waals surface area contributed by atoms with Crippen molar-refractivity contribution in [2.75, 3.05) is 0 Å². The highest BCUT2D eigenvalue weighted by molar-refractivity contribution is 6.31. The minimum Gasteiger partial charge on any atom is -0.324 e. The number of hydrogen-bond acceptors (Lipinski definition) is 4. The first-order chi connectivity index (χ1) is 10.5. The van der Waals surface area contributed by atoms with Gasteiger partial charge in [0, 0.05) is 5.02 Å². The second-order valence-electron chi connectivity index (χ2n) is 4.49. The highest BCUT2D eigenvalue weighted by Gasteiger charge is 2.38. The van der Waals surface area contributed by atoms with E-state index in [9.17, 15) is 18.8 Å². The van der Waals surface area contributed by atoms with Crippen molar-refractivity contribution in [2.24, 2.45) is 0 Å². The topological polar surface area (TPSA) is 63.7 Å². The van der Waals surface area contributed by atoms with Crippen LogP contribution in [0.15, 0.2) is 42.5 Å². The molecule has 2 aromatic carbocycles. The number of nitrogens with zero attached hydrogens (tertiary/aromatic N) is 1. The number of hydrogen-bond donors (Lipinski definition) is 0. The maximum absolute atomic E-state index is 13.2. The van der Waals surface area contributed by atoms with Gasteiger partial charge in [0.25, 0.3) is 11.8 Å². The Labute approximate surface area is 128 Å². The Morgan fingerprint density at radius 2 is 1.64 bits per heavy atom. The summed E-state index contributed by atoms with van der Waals surface area (Å²) < 4.78 is 13.2. The molecule has 5 nitrogen and oxygen atoms in total. The lowest BCUT2D eigenvalue weighted by molar-refractivity contribution is -0.0584. The van der Waals surface area contributed by atoms with Gasteiger partial charge in [-0.3, -0.25) is 9.59 Å². The molecule has 0 radical (unpaired) electrons. The van der Waals surface area contributed by atoms with Gasteiger partial charge in [-0.25, -0.2) is 9.18 Å². The van der Waals surface area contributed by atoms with Gasteiger partial charge in [-0.15, -0.1) is 0 Å². The summed E-state index contributed by atoms with van der Waals surface area (Å²) in [4.78, 5) is 40.8. The first kappa shape index (κ1) is 14.2. The van der Waals surface area contributed by atoms with Crippen LogP contribution >= 0.6 is 11.6 Å². The van der Waals surface area contributed by atoms with Gasteiger partial charge in [-0.1, -0.05) is 28.8 Å². The van der Waals surface area contributed by atoms with E-state index in [0.717, 1.165) is 12.1 Å². The molecule has 0 aromatic heterocycles. The normalized spacial score (nSPS) is 13.3. The van der Waals surface area contributed by atoms with Gasteiger partial charge in [-0.05, 0) is 30.3 Å². The molecule has 0 fully saturated rings. The SMILES string of the molecule is O=C(ON1C(=O)c2ccccc2C1=O)c1cc(F)cc(Cl)c1. The summed E-state index contributed by atoms with van der Waals surface area (Å²) in [7, 11) is 0. The molecule has 0 N–H and O–H groups in total. The predicted octanol–water partition coefficient (Wildman–Crippen LogP) is 2.85. The summed E-state index contributed by atoms with van der Waals surface area (Å²) in [6.07, 6.45) is 0. The fourth-order valence-electron chi connectivity index (χ4n) is 2.06. The maximum Gasteiger partial charge on any atom is 0.364 e. The number of halogens is 2. The molecule has 110 valence electrons. The maximum atomic E-state index is 13.2. The third kappa shape index (κ3) is 2.33. The summed E-state index contributed by atoms with van der Waals surface area (Å²) in [5.41, 5.74) is 0.0664. The second-order valence-corrected chi connectivity index (χ2v) is 4.92. The Hall–Kier alpha value is -2.73. The number of benzene rings is 2. The minimum atomic E-state index is -1.06. The smallest absolute Gasteiger partial charge is 0.324 e. The molecule has 0 unspecified atom stereocenters. The molecule has 0 saturated carbocycles. The van der Waals surface area contributed by atoms with E-state index in [2.05, 4.69) is 0 Å². The lowest BCUT2D eigenvalue weighted by atomic mass is 10.1. The molecular weight excluding hydrogens is 313 g/mol. The van der Waals surface area contributed by atoms with E-state index in [0.29, 0.717) is 5.06 Å². The van der Waals surface area contributed by atoms with E-state index in [1.54, 1.807) is 12.1 Å². The fraction of sp³-hybridized carbons (Fsp3) is 0. The van der Waals surface area contributed by atoms with Crippen molar-refractivity contribution in [1.29, 1.82) is 0 Å². The first-order valence-electron chi connectivity index (χ1n) is 6.13. The van der Waals surface area contributed by atoms with Crippen LogP contribution in [0.2, 0.25) is 5.02 Å². The number of rotatable bonds is 2. The molecule has 1 aliphatic heterocycles. The Balaban J connectivity index is 1.87. The molecule has 1 heterocycles. The van der Waals surface area contributed by atoms with Crippen LogP contribution in [0.5, 0.6) is 0 Å². The molecule has 0 atom stereocenters. The molecular formula is C15H7ClFNO4. The molecule has 2 amide bonds. The monoisotopic (exact) mass is 319 g/mol. The van der Waals surface area contributed by atoms with Gasteiger partial charge in [0.1, 0.15) is 5.82 Å². The van der Waals surface area contributed by atoms with E-state index in [-0.39, 0.29) is 21.7 Å². The summed E-state index contributed by atoms with van der Waals surface area (Å²) in [5.74, 6) is -3.30. The number of imide groups is 1. The van der Waals surface area contributed by atoms with Crippen LogP contribution in [0.1, 0.15) is 31.1 Å². The Kier molecular flexibility index (Phi) is 3.38. The van der Waals surface area contributed by atoms with Crippen LogP contribution in [-0.4, -0.2) is 22.8 Å². The third-order valence-electron chi connectivity index (χ3n) is 3.03. The fourth-order valence-corrected chi connectivity index (χ4v) is 2.28. The van der Waals surface area contributed by atoms with Gasteiger partial charge in [0.2, 0.25) is 0 Å². The quantitative estimate of drug-likeness (QED) is 0.798. The van der Waals surface area contributed by atoms with Gasteiger partial charge in [0.05, 0.1) is 16.7 Å². The zero-order valence-electron chi connectivity index (χ0n) is 10.9. The Bertz CT molecular complexity index is 766. The highest BCUT2D eigenvalue weighted by atomic mass is 35.5. The van der Waals surface area contributed by atoms with Crippen LogP contribution in [0.3, 0.4) is 0 Å². The number of fused-ring (bicyclic) bond motifs is 1. The van der Waals surface area contributed by atoms with Crippen molar-refractivity contribution < 1.29 is 23.6 Å². The average molecular weight is 320 g/mol. The standard InChI is InChI=1S/C15H7ClFNO4/c16-9-5-8(6-10(17)7-9)15(21)22-18-13(19)11-3-1-2-4-12(11)14(18)20/h1-7H. The van der Waals surface area contributed by atoms with Crippen molar-refractivity contribution in [2.45, 2.75) is 0 Å². The summed E-state index contributed by atoms with van der Waals surface area (Å²) in [6, 6.07) is 9.14. The molecule has 1 aliphatic rings. The van der Waals surface area contributed by atoms with Crippen LogP contribution in [0.25, 0.3) is 0 Å². The van der Waals surface area contributed by atoms with Crippen molar-refractivity contribution in [3.63, 3.8) is 0 Å². The van der Waals surface area contributed by atoms with E-state index in [1.807, 2.05) is 0 Å². The number of carbonyl (C=O) groups excluding carboxylic acids is 3. The third-order valence-corrected chi connectivity index (χ3v) is 3.25. The van der Waals surface area contributed by atoms with Crippen LogP contribution in [-0.2, 0) is 4.84 Å². The molecule has 0 aliphatic carbocycles. The van der Waals surface area contributed by atoms with Gasteiger partial charge >= 0.3 is 5.97 Å². The van der Waals surface area contributed by atoms with E-state index in [4.69, 9.17) is 16.4 Å². The molecule has 0 spiro atoms. The molecule has 22 heavy (non-hydrogen) atoms. The summed E-state index contributed by atoms with van der Waals surface area (Å²) in [6.45, 7) is 0. The predicted molar refractivity (Wildman–Crippen MR) is 73.8 cm³/mol. The number of carbonyl (C=O) groups is 3. The minimum absolute atomic E-state index is 0.00527. The van der Waals surface area contributed by atoms with Crippen LogP contribution in [0, 0.1) is 5.82 Å². The van der Waals surface area contributed by atoms with E-state index >= 15 is 0 Å². The van der Waals surface area contributed by atoms with Crippen molar-refractivity contribution in [3.05, 3.63) is 70.0 Å². The first-order valence-corrected chi connectivity index (χ1v) is 6.51. The summed E-state index contributed by atoms with van der Waals surface area (Å²) in [5, 5.41) is 0.348.